The van der Waals surface area contributed by atoms with E-state index >= 15 is 0 Å². The fraction of sp³-hybridized carbons (Fsp3) is 0.364. The molecule has 35 heavy (non-hydrogen) atoms. The maximum Gasteiger partial charge on any atom is 0.232 e. The molecule has 0 saturated carbocycles. The number of carbonyl (C=O) groups is 1. The van der Waals surface area contributed by atoms with Crippen LogP contribution in [0.1, 0.15) is 24.5 Å². The van der Waals surface area contributed by atoms with Crippen LogP contribution in [0.2, 0.25) is 5.02 Å². The molecule has 3 saturated heterocycles. The first-order chi connectivity index (χ1) is 16.9. The van der Waals surface area contributed by atoms with Gasteiger partial charge < -0.3 is 21.3 Å². The Balaban J connectivity index is 1.48. The Morgan fingerprint density at radius 3 is 2.69 bits per heavy atom. The third kappa shape index (κ3) is 4.03. The second-order valence-corrected chi connectivity index (χ2v) is 8.87. The summed E-state index contributed by atoms with van der Waals surface area (Å²) in [5.74, 6) is 0.290. The van der Waals surface area contributed by atoms with E-state index in [-0.39, 0.29) is 30.5 Å². The largest absolute Gasteiger partial charge is 0.369 e. The van der Waals surface area contributed by atoms with Crippen molar-refractivity contribution < 1.29 is 4.79 Å². The molecule has 2 unspecified atom stereocenters. The minimum absolute atomic E-state index is 0.208. The molecule has 178 valence electrons. The number of hydrogen-bond acceptors (Lipinski definition) is 10. The summed E-state index contributed by atoms with van der Waals surface area (Å²) in [6, 6.07) is 8.07. The van der Waals surface area contributed by atoms with Gasteiger partial charge in [0.05, 0.1) is 40.8 Å². The summed E-state index contributed by atoms with van der Waals surface area (Å²) in [4.78, 5) is 24.5. The van der Waals surface area contributed by atoms with Crippen LogP contribution in [-0.2, 0) is 4.79 Å². The number of nitrogens with zero attached hydrogens (tertiary/aromatic N) is 8. The van der Waals surface area contributed by atoms with Gasteiger partial charge >= 0.3 is 0 Å². The van der Waals surface area contributed by atoms with E-state index in [1.54, 1.807) is 12.1 Å². The lowest BCUT2D eigenvalue weighted by atomic mass is 9.87. The molecule has 3 aliphatic rings. The zero-order chi connectivity index (χ0) is 24.7. The number of amides is 1. The van der Waals surface area contributed by atoms with E-state index in [1.807, 2.05) is 6.92 Å². The number of primary amides is 1. The standard InChI is InChI=1S/C22H22ClN11O/c1-2-27-22-31-21(30-20-13(7-25)8-28-34(20)22)29-16-3-12(6-24)4-17(19(16)23)32-9-14-5-15(10-32)33(14)11-18(26)35/h3-4,8,14-15H,2,5,9-11H2,1H3,(H2,26,35)(H2,27,29,30,31). The first-order valence-corrected chi connectivity index (χ1v) is 11.5. The minimum Gasteiger partial charge on any atom is -0.369 e. The summed E-state index contributed by atoms with van der Waals surface area (Å²) in [7, 11) is 0. The molecular formula is C22H22ClN11O. The van der Waals surface area contributed by atoms with Crippen molar-refractivity contribution in [1.29, 1.82) is 10.5 Å². The van der Waals surface area contributed by atoms with Gasteiger partial charge in [0.15, 0.2) is 5.65 Å². The number of piperazine rings is 1. The van der Waals surface area contributed by atoms with E-state index in [0.717, 1.165) is 12.1 Å². The van der Waals surface area contributed by atoms with Gasteiger partial charge in [0.25, 0.3) is 0 Å². The predicted molar refractivity (Wildman–Crippen MR) is 129 cm³/mol. The van der Waals surface area contributed by atoms with Crippen molar-refractivity contribution in [2.24, 2.45) is 5.73 Å². The molecule has 1 aromatic carbocycles. The van der Waals surface area contributed by atoms with E-state index < -0.39 is 0 Å². The summed E-state index contributed by atoms with van der Waals surface area (Å²) in [5.41, 5.74) is 7.65. The molecule has 13 heteroatoms. The van der Waals surface area contributed by atoms with Crippen LogP contribution in [0, 0.1) is 22.7 Å². The highest BCUT2D eigenvalue weighted by Gasteiger charge is 2.45. The molecule has 6 rings (SSSR count). The molecular weight excluding hydrogens is 470 g/mol. The van der Waals surface area contributed by atoms with Crippen molar-refractivity contribution >= 4 is 46.4 Å². The number of halogens is 1. The average molecular weight is 492 g/mol. The van der Waals surface area contributed by atoms with Crippen molar-refractivity contribution in [3.8, 4) is 12.1 Å². The molecule has 0 spiro atoms. The molecule has 3 fully saturated rings. The third-order valence-electron chi connectivity index (χ3n) is 6.28. The molecule has 3 aromatic rings. The molecule has 2 bridgehead atoms. The van der Waals surface area contributed by atoms with Crippen molar-refractivity contribution in [3.05, 3.63) is 34.5 Å². The molecule has 0 aliphatic carbocycles. The lowest BCUT2D eigenvalue weighted by molar-refractivity contribution is -0.123. The number of nitrogens with two attached hydrogens (primary N) is 1. The Morgan fingerprint density at radius 1 is 1.26 bits per heavy atom. The fourth-order valence-corrected chi connectivity index (χ4v) is 5.00. The maximum atomic E-state index is 11.4. The molecule has 2 atom stereocenters. The maximum absolute atomic E-state index is 11.4. The second kappa shape index (κ2) is 8.91. The van der Waals surface area contributed by atoms with Crippen LogP contribution >= 0.6 is 11.6 Å². The van der Waals surface area contributed by atoms with Gasteiger partial charge in [-0.1, -0.05) is 11.6 Å². The van der Waals surface area contributed by atoms with Crippen molar-refractivity contribution in [3.63, 3.8) is 0 Å². The van der Waals surface area contributed by atoms with Gasteiger partial charge in [0, 0.05) is 31.7 Å². The Bertz CT molecular complexity index is 1390. The zero-order valence-corrected chi connectivity index (χ0v) is 19.6. The van der Waals surface area contributed by atoms with Crippen LogP contribution in [0.25, 0.3) is 5.65 Å². The molecule has 3 aliphatic heterocycles. The van der Waals surface area contributed by atoms with Crippen LogP contribution in [0.4, 0.5) is 23.3 Å². The number of rotatable bonds is 7. The molecule has 4 N–H and O–H groups in total. The first-order valence-electron chi connectivity index (χ1n) is 11.1. The molecule has 0 radical (unpaired) electrons. The topological polar surface area (TPSA) is 164 Å². The summed E-state index contributed by atoms with van der Waals surface area (Å²) in [6.07, 6.45) is 2.43. The molecule has 12 nitrogen and oxygen atoms in total. The Hall–Kier alpha value is -4.13. The molecule has 2 aromatic heterocycles. The van der Waals surface area contributed by atoms with Crippen molar-refractivity contribution in [2.45, 2.75) is 25.4 Å². The number of carbonyl (C=O) groups excluding carboxylic acids is 1. The van der Waals surface area contributed by atoms with Crippen LogP contribution in [0.3, 0.4) is 0 Å². The number of hydrogen-bond donors (Lipinski definition) is 3. The molecule has 5 heterocycles. The van der Waals surface area contributed by atoms with Gasteiger partial charge in [-0.2, -0.15) is 30.1 Å². The van der Waals surface area contributed by atoms with Crippen LogP contribution in [0.5, 0.6) is 0 Å². The minimum atomic E-state index is -0.337. The van der Waals surface area contributed by atoms with E-state index in [0.29, 0.717) is 53.1 Å². The smallest absolute Gasteiger partial charge is 0.232 e. The number of nitriles is 2. The number of fused-ring (bicyclic) bond motifs is 3. The monoisotopic (exact) mass is 491 g/mol. The summed E-state index contributed by atoms with van der Waals surface area (Å²) in [6.45, 7) is 4.10. The van der Waals surface area contributed by atoms with Crippen LogP contribution in [0.15, 0.2) is 18.3 Å². The predicted octanol–water partition coefficient (Wildman–Crippen LogP) is 1.44. The Kier molecular flexibility index (Phi) is 5.76. The van der Waals surface area contributed by atoms with Crippen LogP contribution < -0.4 is 21.3 Å². The van der Waals surface area contributed by atoms with Crippen molar-refractivity contribution in [1.82, 2.24) is 24.5 Å². The first kappa shape index (κ1) is 22.7. The normalized spacial score (nSPS) is 19.0. The SMILES string of the molecule is CCNc1nc(Nc2cc(C#N)cc(N3CC4CC(C3)N4CC(N)=O)c2Cl)nc2c(C#N)cnn12. The number of nitrogens with one attached hydrogen (secondary N) is 2. The van der Waals surface area contributed by atoms with Crippen LogP contribution in [-0.4, -0.2) is 68.7 Å². The quantitative estimate of drug-likeness (QED) is 0.440. The summed E-state index contributed by atoms with van der Waals surface area (Å²) in [5, 5.41) is 29.9. The fourth-order valence-electron chi connectivity index (χ4n) is 4.72. The average Bonchev–Trinajstić information content (AvgIpc) is 3.27. The lowest BCUT2D eigenvalue weighted by Crippen LogP contribution is -2.69. The van der Waals surface area contributed by atoms with Gasteiger partial charge in [-0.05, 0) is 25.5 Å². The number of anilines is 4. The highest BCUT2D eigenvalue weighted by Crippen LogP contribution is 2.40. The van der Waals surface area contributed by atoms with Gasteiger partial charge in [-0.25, -0.2) is 0 Å². The third-order valence-corrected chi connectivity index (χ3v) is 6.67. The zero-order valence-electron chi connectivity index (χ0n) is 18.9. The highest BCUT2D eigenvalue weighted by molar-refractivity contribution is 6.36. The van der Waals surface area contributed by atoms with E-state index in [4.69, 9.17) is 17.3 Å². The Morgan fingerprint density at radius 2 is 2.03 bits per heavy atom. The van der Waals surface area contributed by atoms with E-state index in [2.05, 4.69) is 47.6 Å². The van der Waals surface area contributed by atoms with Gasteiger partial charge in [0.2, 0.25) is 17.8 Å². The Labute approximate surface area is 205 Å². The molecule has 1 amide bonds. The summed E-state index contributed by atoms with van der Waals surface area (Å²) >= 11 is 6.82. The second-order valence-electron chi connectivity index (χ2n) is 8.49. The highest BCUT2D eigenvalue weighted by atomic mass is 35.5. The number of benzene rings is 1. The number of aromatic nitrogens is 4. The van der Waals surface area contributed by atoms with Gasteiger partial charge in [0.1, 0.15) is 11.6 Å². The lowest BCUT2D eigenvalue weighted by Gasteiger charge is -2.56. The van der Waals surface area contributed by atoms with E-state index in [1.165, 1.54) is 10.7 Å². The summed E-state index contributed by atoms with van der Waals surface area (Å²) < 4.78 is 1.46. The number of piperidine rings is 1. The van der Waals surface area contributed by atoms with Gasteiger partial charge in [-0.15, -0.1) is 0 Å². The van der Waals surface area contributed by atoms with Crippen molar-refractivity contribution in [2.75, 3.05) is 41.7 Å². The van der Waals surface area contributed by atoms with E-state index in [9.17, 15) is 15.3 Å². The van der Waals surface area contributed by atoms with Gasteiger partial charge in [-0.3, -0.25) is 9.69 Å².